The molecule has 96 valence electrons. The van der Waals surface area contributed by atoms with E-state index in [0.29, 0.717) is 6.42 Å². The molecule has 0 spiro atoms. The summed E-state index contributed by atoms with van der Waals surface area (Å²) >= 11 is 3.41. The van der Waals surface area contributed by atoms with Gasteiger partial charge in [0, 0.05) is 11.5 Å². The van der Waals surface area contributed by atoms with Crippen LogP contribution in [-0.4, -0.2) is 9.78 Å². The SMILES string of the molecule is Cc1cc(C(N)Cc2cc(F)ccc2Br)n(C)n1. The lowest BCUT2D eigenvalue weighted by Gasteiger charge is -2.13. The van der Waals surface area contributed by atoms with Crippen molar-refractivity contribution in [3.63, 3.8) is 0 Å². The Labute approximate surface area is 114 Å². The molecule has 0 fully saturated rings. The lowest BCUT2D eigenvalue weighted by Crippen LogP contribution is -2.17. The van der Waals surface area contributed by atoms with Crippen molar-refractivity contribution in [2.24, 2.45) is 12.8 Å². The van der Waals surface area contributed by atoms with E-state index < -0.39 is 0 Å². The van der Waals surface area contributed by atoms with Crippen molar-refractivity contribution in [3.05, 3.63) is 51.5 Å². The van der Waals surface area contributed by atoms with Gasteiger partial charge in [0.1, 0.15) is 5.82 Å². The van der Waals surface area contributed by atoms with Crippen LogP contribution in [-0.2, 0) is 13.5 Å². The van der Waals surface area contributed by atoms with Crippen LogP contribution in [0.4, 0.5) is 4.39 Å². The zero-order valence-electron chi connectivity index (χ0n) is 10.3. The number of nitrogens with zero attached hydrogens (tertiary/aromatic N) is 2. The van der Waals surface area contributed by atoms with Crippen LogP contribution in [0.5, 0.6) is 0 Å². The molecule has 0 aliphatic rings. The van der Waals surface area contributed by atoms with Crippen LogP contribution >= 0.6 is 15.9 Å². The first-order valence-electron chi connectivity index (χ1n) is 5.67. The Kier molecular flexibility index (Phi) is 3.82. The molecular formula is C13H15BrFN3. The number of benzene rings is 1. The maximum Gasteiger partial charge on any atom is 0.123 e. The molecular weight excluding hydrogens is 297 g/mol. The van der Waals surface area contributed by atoms with Crippen molar-refractivity contribution in [1.29, 1.82) is 0 Å². The van der Waals surface area contributed by atoms with E-state index in [4.69, 9.17) is 5.73 Å². The van der Waals surface area contributed by atoms with Crippen LogP contribution in [0.25, 0.3) is 0 Å². The molecule has 1 heterocycles. The Morgan fingerprint density at radius 3 is 2.78 bits per heavy atom. The number of nitrogens with two attached hydrogens (primary N) is 1. The molecule has 0 saturated heterocycles. The van der Waals surface area contributed by atoms with Gasteiger partial charge in [-0.3, -0.25) is 4.68 Å². The molecule has 0 amide bonds. The van der Waals surface area contributed by atoms with E-state index in [1.807, 2.05) is 20.0 Å². The molecule has 2 N–H and O–H groups in total. The number of halogens is 2. The minimum atomic E-state index is -0.249. The van der Waals surface area contributed by atoms with Crippen LogP contribution < -0.4 is 5.73 Å². The van der Waals surface area contributed by atoms with Gasteiger partial charge in [0.25, 0.3) is 0 Å². The molecule has 5 heteroatoms. The predicted octanol–water partition coefficient (Wildman–Crippen LogP) is 2.87. The van der Waals surface area contributed by atoms with E-state index in [-0.39, 0.29) is 11.9 Å². The van der Waals surface area contributed by atoms with Crippen LogP contribution in [0.3, 0.4) is 0 Å². The quantitative estimate of drug-likeness (QED) is 0.947. The van der Waals surface area contributed by atoms with Gasteiger partial charge in [0.15, 0.2) is 0 Å². The first-order valence-corrected chi connectivity index (χ1v) is 6.46. The molecule has 2 aromatic rings. The third kappa shape index (κ3) is 2.79. The Morgan fingerprint density at radius 1 is 1.44 bits per heavy atom. The first kappa shape index (κ1) is 13.2. The minimum Gasteiger partial charge on any atom is -0.322 e. The second-order valence-electron chi connectivity index (χ2n) is 4.38. The third-order valence-electron chi connectivity index (χ3n) is 2.87. The standard InChI is InChI=1S/C13H15BrFN3/c1-8-5-13(18(2)17-8)12(16)7-9-6-10(15)3-4-11(9)14/h3-6,12H,7,16H2,1-2H3. The number of hydrogen-bond donors (Lipinski definition) is 1. The summed E-state index contributed by atoms with van der Waals surface area (Å²) in [7, 11) is 1.86. The van der Waals surface area contributed by atoms with Crippen molar-refractivity contribution >= 4 is 15.9 Å². The van der Waals surface area contributed by atoms with Gasteiger partial charge in [0.05, 0.1) is 17.4 Å². The molecule has 18 heavy (non-hydrogen) atoms. The fourth-order valence-corrected chi connectivity index (χ4v) is 2.43. The molecule has 0 saturated carbocycles. The van der Waals surface area contributed by atoms with Crippen molar-refractivity contribution in [3.8, 4) is 0 Å². The van der Waals surface area contributed by atoms with Gasteiger partial charge in [-0.15, -0.1) is 0 Å². The average molecular weight is 312 g/mol. The molecule has 3 nitrogen and oxygen atoms in total. The average Bonchev–Trinajstić information content (AvgIpc) is 2.63. The zero-order valence-corrected chi connectivity index (χ0v) is 11.9. The van der Waals surface area contributed by atoms with E-state index >= 15 is 0 Å². The summed E-state index contributed by atoms with van der Waals surface area (Å²) in [6, 6.07) is 6.39. The number of hydrogen-bond acceptors (Lipinski definition) is 2. The molecule has 1 atom stereocenters. The smallest absolute Gasteiger partial charge is 0.123 e. The molecule has 1 aromatic carbocycles. The lowest BCUT2D eigenvalue weighted by atomic mass is 10.0. The van der Waals surface area contributed by atoms with Gasteiger partial charge < -0.3 is 5.73 Å². The normalized spacial score (nSPS) is 12.7. The summed E-state index contributed by atoms with van der Waals surface area (Å²) in [5.74, 6) is -0.249. The second kappa shape index (κ2) is 5.20. The van der Waals surface area contributed by atoms with E-state index in [1.54, 1.807) is 10.7 Å². The Bertz CT molecular complexity index is 565. The van der Waals surface area contributed by atoms with Crippen molar-refractivity contribution in [2.75, 3.05) is 0 Å². The molecule has 1 unspecified atom stereocenters. The van der Waals surface area contributed by atoms with Crippen LogP contribution in [0.2, 0.25) is 0 Å². The Hall–Kier alpha value is -1.20. The summed E-state index contributed by atoms with van der Waals surface area (Å²) in [6.45, 7) is 1.92. The second-order valence-corrected chi connectivity index (χ2v) is 5.23. The van der Waals surface area contributed by atoms with Crippen LogP contribution in [0.1, 0.15) is 23.0 Å². The number of aromatic nitrogens is 2. The van der Waals surface area contributed by atoms with Crippen molar-refractivity contribution in [1.82, 2.24) is 9.78 Å². The molecule has 0 aliphatic carbocycles. The van der Waals surface area contributed by atoms with Gasteiger partial charge in [-0.25, -0.2) is 4.39 Å². The van der Waals surface area contributed by atoms with Crippen LogP contribution in [0.15, 0.2) is 28.7 Å². The fraction of sp³-hybridized carbons (Fsp3) is 0.308. The summed E-state index contributed by atoms with van der Waals surface area (Å²) in [5, 5.41) is 4.26. The topological polar surface area (TPSA) is 43.8 Å². The van der Waals surface area contributed by atoms with E-state index in [1.165, 1.54) is 12.1 Å². The number of rotatable bonds is 3. The first-order chi connectivity index (χ1) is 8.47. The fourth-order valence-electron chi connectivity index (χ4n) is 2.02. The Balaban J connectivity index is 2.23. The highest BCUT2D eigenvalue weighted by Gasteiger charge is 2.14. The summed E-state index contributed by atoms with van der Waals surface area (Å²) < 4.78 is 15.8. The largest absolute Gasteiger partial charge is 0.322 e. The van der Waals surface area contributed by atoms with Crippen molar-refractivity contribution < 1.29 is 4.39 Å². The molecule has 2 rings (SSSR count). The maximum absolute atomic E-state index is 13.2. The molecule has 0 aliphatic heterocycles. The van der Waals surface area contributed by atoms with Gasteiger partial charge in [-0.1, -0.05) is 15.9 Å². The van der Waals surface area contributed by atoms with Gasteiger partial charge in [0.2, 0.25) is 0 Å². The highest BCUT2D eigenvalue weighted by Crippen LogP contribution is 2.23. The monoisotopic (exact) mass is 311 g/mol. The Morgan fingerprint density at radius 2 is 2.17 bits per heavy atom. The summed E-state index contributed by atoms with van der Waals surface area (Å²) in [4.78, 5) is 0. The van der Waals surface area contributed by atoms with Crippen molar-refractivity contribution in [2.45, 2.75) is 19.4 Å². The zero-order chi connectivity index (χ0) is 13.3. The molecule has 1 aromatic heterocycles. The third-order valence-corrected chi connectivity index (χ3v) is 3.64. The highest BCUT2D eigenvalue weighted by atomic mass is 79.9. The maximum atomic E-state index is 13.2. The van der Waals surface area contributed by atoms with E-state index in [2.05, 4.69) is 21.0 Å². The van der Waals surface area contributed by atoms with Gasteiger partial charge in [-0.05, 0) is 43.2 Å². The lowest BCUT2D eigenvalue weighted by molar-refractivity contribution is 0.603. The van der Waals surface area contributed by atoms with E-state index in [0.717, 1.165) is 21.4 Å². The van der Waals surface area contributed by atoms with Gasteiger partial charge >= 0.3 is 0 Å². The molecule has 0 bridgehead atoms. The highest BCUT2D eigenvalue weighted by molar-refractivity contribution is 9.10. The van der Waals surface area contributed by atoms with Crippen LogP contribution in [0, 0.1) is 12.7 Å². The minimum absolute atomic E-state index is 0.200. The predicted molar refractivity (Wildman–Crippen MR) is 72.7 cm³/mol. The molecule has 0 radical (unpaired) electrons. The van der Waals surface area contributed by atoms with Gasteiger partial charge in [-0.2, -0.15) is 5.10 Å². The summed E-state index contributed by atoms with van der Waals surface area (Å²) in [5.41, 5.74) is 8.90. The number of aryl methyl sites for hydroxylation is 2. The summed E-state index contributed by atoms with van der Waals surface area (Å²) in [6.07, 6.45) is 0.567. The van der Waals surface area contributed by atoms with E-state index in [9.17, 15) is 4.39 Å².